The van der Waals surface area contributed by atoms with Crippen LogP contribution in [0.25, 0.3) is 0 Å². The summed E-state index contributed by atoms with van der Waals surface area (Å²) in [4.78, 5) is 11.5. The molecule has 0 bridgehead atoms. The Morgan fingerprint density at radius 1 is 1.50 bits per heavy atom. The van der Waals surface area contributed by atoms with Gasteiger partial charge in [-0.3, -0.25) is 4.79 Å². The van der Waals surface area contributed by atoms with Crippen LogP contribution in [-0.2, 0) is 4.79 Å². The van der Waals surface area contributed by atoms with Gasteiger partial charge in [0.2, 0.25) is 5.91 Å². The maximum Gasteiger partial charge on any atom is 0.226 e. The van der Waals surface area contributed by atoms with Crippen molar-refractivity contribution < 1.29 is 4.79 Å². The number of hydrogen-bond donors (Lipinski definition) is 2. The molecule has 0 aliphatic carbocycles. The third-order valence-corrected chi connectivity index (χ3v) is 2.16. The molecule has 3 heteroatoms. The Balaban J connectivity index is 3.60. The van der Waals surface area contributed by atoms with Gasteiger partial charge in [-0.1, -0.05) is 0 Å². The molecule has 0 fully saturated rings. The number of unbranched alkanes of at least 4 members (excludes halogenated alkanes) is 2. The average Bonchev–Trinajstić information content (AvgIpc) is 2.17. The Bertz CT molecular complexity index is 216. The molecule has 0 atom stereocenters. The van der Waals surface area contributed by atoms with E-state index in [0.717, 1.165) is 19.3 Å². The Labute approximate surface area is 86.4 Å². The van der Waals surface area contributed by atoms with Crippen molar-refractivity contribution >= 4 is 5.91 Å². The van der Waals surface area contributed by atoms with Crippen molar-refractivity contribution in [3.8, 4) is 12.3 Å². The van der Waals surface area contributed by atoms with Crippen LogP contribution in [-0.4, -0.2) is 19.0 Å². The molecule has 0 aliphatic rings. The summed E-state index contributed by atoms with van der Waals surface area (Å²) >= 11 is 0. The maximum atomic E-state index is 11.5. The van der Waals surface area contributed by atoms with E-state index in [1.165, 1.54) is 0 Å². The second-order valence-corrected chi connectivity index (χ2v) is 4.01. The predicted molar refractivity (Wildman–Crippen MR) is 58.5 cm³/mol. The lowest BCUT2D eigenvalue weighted by atomic mass is 9.93. The van der Waals surface area contributed by atoms with Crippen LogP contribution in [0, 0.1) is 17.8 Å². The summed E-state index contributed by atoms with van der Waals surface area (Å²) in [5.74, 6) is 2.58. The molecule has 0 aromatic carbocycles. The van der Waals surface area contributed by atoms with E-state index >= 15 is 0 Å². The number of hydrogen-bond acceptors (Lipinski definition) is 2. The summed E-state index contributed by atoms with van der Waals surface area (Å²) in [7, 11) is 0. The molecule has 14 heavy (non-hydrogen) atoms. The number of rotatable bonds is 6. The fraction of sp³-hybridized carbons (Fsp3) is 0.727. The molecular formula is C11H20N2O. The molecular weight excluding hydrogens is 176 g/mol. The second kappa shape index (κ2) is 6.44. The van der Waals surface area contributed by atoms with Gasteiger partial charge in [-0.2, -0.15) is 0 Å². The van der Waals surface area contributed by atoms with Gasteiger partial charge >= 0.3 is 0 Å². The van der Waals surface area contributed by atoms with Crippen molar-refractivity contribution in [2.45, 2.75) is 33.1 Å². The highest BCUT2D eigenvalue weighted by Gasteiger charge is 2.24. The Morgan fingerprint density at radius 2 is 2.14 bits per heavy atom. The summed E-state index contributed by atoms with van der Waals surface area (Å²) < 4.78 is 0. The summed E-state index contributed by atoms with van der Waals surface area (Å²) in [6.07, 6.45) is 7.77. The first-order valence-corrected chi connectivity index (χ1v) is 4.96. The van der Waals surface area contributed by atoms with Crippen LogP contribution in [0.4, 0.5) is 0 Å². The second-order valence-electron chi connectivity index (χ2n) is 4.01. The highest BCUT2D eigenvalue weighted by atomic mass is 16.2. The molecule has 0 radical (unpaired) electrons. The van der Waals surface area contributed by atoms with E-state index in [4.69, 9.17) is 12.2 Å². The lowest BCUT2D eigenvalue weighted by Gasteiger charge is -2.21. The summed E-state index contributed by atoms with van der Waals surface area (Å²) in [6, 6.07) is 0. The van der Waals surface area contributed by atoms with E-state index < -0.39 is 5.41 Å². The first-order chi connectivity index (χ1) is 6.54. The molecule has 0 unspecified atom stereocenters. The summed E-state index contributed by atoms with van der Waals surface area (Å²) in [5, 5.41) is 2.85. The van der Waals surface area contributed by atoms with Gasteiger partial charge in [0, 0.05) is 19.5 Å². The van der Waals surface area contributed by atoms with Crippen LogP contribution in [0.2, 0.25) is 0 Å². The zero-order valence-corrected chi connectivity index (χ0v) is 9.10. The normalized spacial score (nSPS) is 10.7. The van der Waals surface area contributed by atoms with Crippen LogP contribution in [0.15, 0.2) is 0 Å². The first-order valence-electron chi connectivity index (χ1n) is 4.96. The van der Waals surface area contributed by atoms with Gasteiger partial charge in [0.25, 0.3) is 0 Å². The van der Waals surface area contributed by atoms with Gasteiger partial charge in [-0.15, -0.1) is 12.3 Å². The molecule has 0 saturated carbocycles. The smallest absolute Gasteiger partial charge is 0.226 e. The van der Waals surface area contributed by atoms with Crippen molar-refractivity contribution in [1.29, 1.82) is 0 Å². The molecule has 0 spiro atoms. The largest absolute Gasteiger partial charge is 0.356 e. The lowest BCUT2D eigenvalue weighted by molar-refractivity contribution is -0.128. The Kier molecular flexibility index (Phi) is 5.98. The number of nitrogens with two attached hydrogens (primary N) is 1. The third kappa shape index (κ3) is 4.88. The van der Waals surface area contributed by atoms with E-state index in [1.54, 1.807) is 0 Å². The van der Waals surface area contributed by atoms with E-state index in [2.05, 4.69) is 11.2 Å². The molecule has 0 heterocycles. The fourth-order valence-electron chi connectivity index (χ4n) is 0.886. The van der Waals surface area contributed by atoms with E-state index in [-0.39, 0.29) is 5.91 Å². The molecule has 0 aromatic heterocycles. The highest BCUT2D eigenvalue weighted by Crippen LogP contribution is 2.11. The van der Waals surface area contributed by atoms with Gasteiger partial charge < -0.3 is 11.1 Å². The monoisotopic (exact) mass is 196 g/mol. The van der Waals surface area contributed by atoms with Crippen LogP contribution >= 0.6 is 0 Å². The molecule has 0 rings (SSSR count). The third-order valence-electron chi connectivity index (χ3n) is 2.16. The SMILES string of the molecule is C#CCCCCNC(=O)C(C)(C)CN. The van der Waals surface area contributed by atoms with E-state index in [0.29, 0.717) is 13.1 Å². The van der Waals surface area contributed by atoms with Crippen molar-refractivity contribution in [1.82, 2.24) is 5.32 Å². The Hall–Kier alpha value is -1.01. The molecule has 80 valence electrons. The van der Waals surface area contributed by atoms with Crippen LogP contribution in [0.1, 0.15) is 33.1 Å². The summed E-state index contributed by atoms with van der Waals surface area (Å²) in [6.45, 7) is 4.72. The Morgan fingerprint density at radius 3 is 2.64 bits per heavy atom. The van der Waals surface area contributed by atoms with Crippen LogP contribution in [0.3, 0.4) is 0 Å². The van der Waals surface area contributed by atoms with Crippen LogP contribution < -0.4 is 11.1 Å². The zero-order chi connectivity index (χ0) is 11.0. The van der Waals surface area contributed by atoms with Gasteiger partial charge in [0.05, 0.1) is 5.41 Å². The zero-order valence-electron chi connectivity index (χ0n) is 9.10. The van der Waals surface area contributed by atoms with E-state index in [9.17, 15) is 4.79 Å². The number of carbonyl (C=O) groups is 1. The van der Waals surface area contributed by atoms with Crippen LogP contribution in [0.5, 0.6) is 0 Å². The number of carbonyl (C=O) groups excluding carboxylic acids is 1. The molecule has 0 aromatic rings. The number of amides is 1. The minimum Gasteiger partial charge on any atom is -0.356 e. The minimum atomic E-state index is -0.466. The molecule has 0 aliphatic heterocycles. The minimum absolute atomic E-state index is 0.0145. The molecule has 3 N–H and O–H groups in total. The quantitative estimate of drug-likeness (QED) is 0.489. The summed E-state index contributed by atoms with van der Waals surface area (Å²) in [5.41, 5.74) is 5.01. The molecule has 0 saturated heterocycles. The predicted octanol–water partition coefficient (Wildman–Crippen LogP) is 0.891. The van der Waals surface area contributed by atoms with Gasteiger partial charge in [0.15, 0.2) is 0 Å². The van der Waals surface area contributed by atoms with Gasteiger partial charge in [0.1, 0.15) is 0 Å². The number of terminal acetylenes is 1. The number of nitrogens with one attached hydrogen (secondary N) is 1. The molecule has 1 amide bonds. The molecule has 3 nitrogen and oxygen atoms in total. The average molecular weight is 196 g/mol. The highest BCUT2D eigenvalue weighted by molar-refractivity contribution is 5.81. The van der Waals surface area contributed by atoms with Crippen molar-refractivity contribution in [3.63, 3.8) is 0 Å². The lowest BCUT2D eigenvalue weighted by Crippen LogP contribution is -2.42. The van der Waals surface area contributed by atoms with Crippen molar-refractivity contribution in [2.24, 2.45) is 11.1 Å². The van der Waals surface area contributed by atoms with E-state index in [1.807, 2.05) is 13.8 Å². The van der Waals surface area contributed by atoms with Crippen molar-refractivity contribution in [2.75, 3.05) is 13.1 Å². The van der Waals surface area contributed by atoms with Gasteiger partial charge in [-0.25, -0.2) is 0 Å². The topological polar surface area (TPSA) is 55.1 Å². The maximum absolute atomic E-state index is 11.5. The first kappa shape index (κ1) is 13.0. The van der Waals surface area contributed by atoms with Gasteiger partial charge in [-0.05, 0) is 26.7 Å². The fourth-order valence-corrected chi connectivity index (χ4v) is 0.886. The standard InChI is InChI=1S/C11H20N2O/c1-4-5-6-7-8-13-10(14)11(2,3)9-12/h1H,5-9,12H2,2-3H3,(H,13,14). The van der Waals surface area contributed by atoms with Crippen molar-refractivity contribution in [3.05, 3.63) is 0 Å².